The topological polar surface area (TPSA) is 0 Å². The third-order valence-electron chi connectivity index (χ3n) is 2.97. The van der Waals surface area contributed by atoms with Crippen molar-refractivity contribution in [3.63, 3.8) is 0 Å². The summed E-state index contributed by atoms with van der Waals surface area (Å²) in [6, 6.07) is 0. The van der Waals surface area contributed by atoms with Gasteiger partial charge in [0.05, 0.1) is 0 Å². The minimum atomic E-state index is 0.630. The summed E-state index contributed by atoms with van der Waals surface area (Å²) in [7, 11) is 0. The van der Waals surface area contributed by atoms with Crippen molar-refractivity contribution < 1.29 is 0 Å². The molecule has 0 unspecified atom stereocenters. The second-order valence-electron chi connectivity index (χ2n) is 4.72. The Morgan fingerprint density at radius 3 is 2.24 bits per heavy atom. The normalized spacial score (nSPS) is 12.8. The van der Waals surface area contributed by atoms with Crippen molar-refractivity contribution in [1.82, 2.24) is 0 Å². The van der Waals surface area contributed by atoms with Crippen LogP contribution in [0, 0.1) is 0 Å². The molecule has 0 atom stereocenters. The molecule has 0 aromatic carbocycles. The van der Waals surface area contributed by atoms with Crippen LogP contribution in [0.1, 0.15) is 59.8 Å². The lowest BCUT2D eigenvalue weighted by atomic mass is 9.98. The molecule has 0 aliphatic heterocycles. The standard InChI is InChI=1S/C16H27Cl/c1-5-16(12-7-6-8-13-17)15(4)11-9-10-14(2)3/h6,8,10H,5,7,9,11-13H2,1-4H3/b8-6+,16-15+. The molecule has 0 radical (unpaired) electrons. The number of hydrogen-bond donors (Lipinski definition) is 0. The van der Waals surface area contributed by atoms with E-state index >= 15 is 0 Å². The fourth-order valence-corrected chi connectivity index (χ4v) is 2.01. The predicted molar refractivity (Wildman–Crippen MR) is 80.8 cm³/mol. The van der Waals surface area contributed by atoms with Gasteiger partial charge in [0, 0.05) is 5.88 Å². The van der Waals surface area contributed by atoms with Gasteiger partial charge in [-0.15, -0.1) is 11.6 Å². The fraction of sp³-hybridized carbons (Fsp3) is 0.625. The Hall–Kier alpha value is -0.490. The molecule has 0 rings (SSSR count). The van der Waals surface area contributed by atoms with Gasteiger partial charge in [0.2, 0.25) is 0 Å². The van der Waals surface area contributed by atoms with E-state index < -0.39 is 0 Å². The van der Waals surface area contributed by atoms with E-state index in [1.807, 2.05) is 6.08 Å². The highest BCUT2D eigenvalue weighted by atomic mass is 35.5. The van der Waals surface area contributed by atoms with Gasteiger partial charge in [0.25, 0.3) is 0 Å². The summed E-state index contributed by atoms with van der Waals surface area (Å²) in [6.45, 7) is 8.86. The maximum atomic E-state index is 5.61. The van der Waals surface area contributed by atoms with Gasteiger partial charge in [0.1, 0.15) is 0 Å². The summed E-state index contributed by atoms with van der Waals surface area (Å²) < 4.78 is 0. The predicted octanol–water partition coefficient (Wildman–Crippen LogP) is 6.03. The Bertz CT molecular complexity index is 278. The Labute approximate surface area is 112 Å². The molecule has 98 valence electrons. The molecule has 0 nitrogen and oxygen atoms in total. The van der Waals surface area contributed by atoms with Gasteiger partial charge >= 0.3 is 0 Å². The second-order valence-corrected chi connectivity index (χ2v) is 5.03. The monoisotopic (exact) mass is 254 g/mol. The van der Waals surface area contributed by atoms with Gasteiger partial charge in [-0.3, -0.25) is 0 Å². The lowest BCUT2D eigenvalue weighted by Crippen LogP contribution is -1.88. The van der Waals surface area contributed by atoms with Crippen molar-refractivity contribution in [2.24, 2.45) is 0 Å². The Balaban J connectivity index is 4.18. The van der Waals surface area contributed by atoms with E-state index in [9.17, 15) is 0 Å². The Kier molecular flexibility index (Phi) is 10.3. The SMILES string of the molecule is CC/C(CC/C=C/CCl)=C(/C)CCC=C(C)C. The van der Waals surface area contributed by atoms with E-state index in [4.69, 9.17) is 11.6 Å². The van der Waals surface area contributed by atoms with Gasteiger partial charge in [-0.05, 0) is 52.9 Å². The Morgan fingerprint density at radius 1 is 1.00 bits per heavy atom. The van der Waals surface area contributed by atoms with Crippen LogP contribution in [-0.2, 0) is 0 Å². The smallest absolute Gasteiger partial charge is 0.0404 e. The van der Waals surface area contributed by atoms with Crippen LogP contribution in [0.25, 0.3) is 0 Å². The summed E-state index contributed by atoms with van der Waals surface area (Å²) in [5.74, 6) is 0.630. The molecule has 0 saturated carbocycles. The highest BCUT2D eigenvalue weighted by Gasteiger charge is 1.99. The number of allylic oxidation sites excluding steroid dienone is 6. The van der Waals surface area contributed by atoms with Gasteiger partial charge in [-0.2, -0.15) is 0 Å². The van der Waals surface area contributed by atoms with Crippen LogP contribution in [0.4, 0.5) is 0 Å². The third kappa shape index (κ3) is 9.23. The van der Waals surface area contributed by atoms with Gasteiger partial charge in [-0.1, -0.05) is 41.9 Å². The van der Waals surface area contributed by atoms with E-state index in [-0.39, 0.29) is 0 Å². The first-order valence-corrected chi connectivity index (χ1v) is 7.17. The van der Waals surface area contributed by atoms with Crippen LogP contribution in [0.2, 0.25) is 0 Å². The van der Waals surface area contributed by atoms with Crippen molar-refractivity contribution >= 4 is 11.6 Å². The highest BCUT2D eigenvalue weighted by Crippen LogP contribution is 2.19. The van der Waals surface area contributed by atoms with Crippen LogP contribution in [0.5, 0.6) is 0 Å². The van der Waals surface area contributed by atoms with E-state index in [2.05, 4.69) is 39.8 Å². The van der Waals surface area contributed by atoms with E-state index in [1.165, 1.54) is 31.3 Å². The van der Waals surface area contributed by atoms with Crippen molar-refractivity contribution in [2.75, 3.05) is 5.88 Å². The zero-order chi connectivity index (χ0) is 13.1. The van der Waals surface area contributed by atoms with Gasteiger partial charge in [0.15, 0.2) is 0 Å². The molecule has 0 spiro atoms. The second kappa shape index (κ2) is 10.7. The third-order valence-corrected chi connectivity index (χ3v) is 3.15. The zero-order valence-corrected chi connectivity index (χ0v) is 12.6. The molecule has 0 aliphatic carbocycles. The van der Waals surface area contributed by atoms with Gasteiger partial charge < -0.3 is 0 Å². The lowest BCUT2D eigenvalue weighted by molar-refractivity contribution is 0.844. The molecule has 0 bridgehead atoms. The molecule has 0 saturated heterocycles. The van der Waals surface area contributed by atoms with Crippen molar-refractivity contribution in [2.45, 2.75) is 59.8 Å². The molecule has 0 amide bonds. The Morgan fingerprint density at radius 2 is 1.71 bits per heavy atom. The molecule has 0 aromatic heterocycles. The summed E-state index contributed by atoms with van der Waals surface area (Å²) in [4.78, 5) is 0. The highest BCUT2D eigenvalue weighted by molar-refractivity contribution is 6.18. The zero-order valence-electron chi connectivity index (χ0n) is 11.9. The van der Waals surface area contributed by atoms with E-state index in [1.54, 1.807) is 11.1 Å². The first-order chi connectivity index (χ1) is 8.11. The molecular weight excluding hydrogens is 228 g/mol. The van der Waals surface area contributed by atoms with Crippen LogP contribution < -0.4 is 0 Å². The molecule has 0 aliphatic rings. The average molecular weight is 255 g/mol. The average Bonchev–Trinajstić information content (AvgIpc) is 2.28. The van der Waals surface area contributed by atoms with Crippen LogP contribution >= 0.6 is 11.6 Å². The molecule has 17 heavy (non-hydrogen) atoms. The van der Waals surface area contributed by atoms with Crippen molar-refractivity contribution in [3.05, 3.63) is 34.9 Å². The molecule has 0 heterocycles. The summed E-state index contributed by atoms with van der Waals surface area (Å²) >= 11 is 5.61. The molecule has 1 heteroatoms. The molecule has 0 aromatic rings. The quantitative estimate of drug-likeness (QED) is 0.366. The fourth-order valence-electron chi connectivity index (χ4n) is 1.88. The first-order valence-electron chi connectivity index (χ1n) is 6.63. The van der Waals surface area contributed by atoms with Crippen molar-refractivity contribution in [3.8, 4) is 0 Å². The van der Waals surface area contributed by atoms with Crippen LogP contribution in [0.3, 0.4) is 0 Å². The minimum Gasteiger partial charge on any atom is -0.122 e. The van der Waals surface area contributed by atoms with E-state index in [0.29, 0.717) is 5.88 Å². The number of hydrogen-bond acceptors (Lipinski definition) is 0. The van der Waals surface area contributed by atoms with Crippen molar-refractivity contribution in [1.29, 1.82) is 0 Å². The van der Waals surface area contributed by atoms with Gasteiger partial charge in [-0.25, -0.2) is 0 Å². The van der Waals surface area contributed by atoms with Crippen LogP contribution in [-0.4, -0.2) is 5.88 Å². The van der Waals surface area contributed by atoms with Crippen LogP contribution in [0.15, 0.2) is 34.9 Å². The lowest BCUT2D eigenvalue weighted by Gasteiger charge is -2.09. The summed E-state index contributed by atoms with van der Waals surface area (Å²) in [5, 5.41) is 0. The maximum absolute atomic E-state index is 5.61. The summed E-state index contributed by atoms with van der Waals surface area (Å²) in [5.41, 5.74) is 4.61. The molecular formula is C16H27Cl. The number of rotatable bonds is 8. The first kappa shape index (κ1) is 16.5. The number of halogens is 1. The molecule has 0 N–H and O–H groups in total. The number of alkyl halides is 1. The van der Waals surface area contributed by atoms with E-state index in [0.717, 1.165) is 6.42 Å². The maximum Gasteiger partial charge on any atom is 0.0404 e. The minimum absolute atomic E-state index is 0.630. The largest absolute Gasteiger partial charge is 0.122 e. The molecule has 0 fully saturated rings. The summed E-state index contributed by atoms with van der Waals surface area (Å²) in [6.07, 6.45) is 12.4.